The first-order valence-corrected chi connectivity index (χ1v) is 10.1. The number of anilines is 1. The molecule has 4 heterocycles. The van der Waals surface area contributed by atoms with Gasteiger partial charge in [-0.3, -0.25) is 4.79 Å². The summed E-state index contributed by atoms with van der Waals surface area (Å²) in [7, 11) is 0. The minimum atomic E-state index is 0.149. The Balaban J connectivity index is 1.39. The van der Waals surface area contributed by atoms with Crippen molar-refractivity contribution in [1.29, 1.82) is 0 Å². The van der Waals surface area contributed by atoms with Gasteiger partial charge in [0.05, 0.1) is 5.69 Å². The summed E-state index contributed by atoms with van der Waals surface area (Å²) in [6, 6.07) is 12.2. The number of benzene rings is 1. The number of hydrogen-bond donors (Lipinski definition) is 0. The van der Waals surface area contributed by atoms with Crippen LogP contribution in [0.5, 0.6) is 0 Å². The van der Waals surface area contributed by atoms with Crippen molar-refractivity contribution in [3.05, 3.63) is 42.7 Å². The van der Waals surface area contributed by atoms with Gasteiger partial charge in [-0.1, -0.05) is 30.3 Å². The number of amides is 1. The molecule has 2 saturated heterocycles. The van der Waals surface area contributed by atoms with Crippen LogP contribution in [0.1, 0.15) is 25.7 Å². The molecule has 1 aromatic carbocycles. The van der Waals surface area contributed by atoms with E-state index in [0.717, 1.165) is 68.9 Å². The van der Waals surface area contributed by atoms with E-state index in [-0.39, 0.29) is 5.92 Å². The molecule has 1 amide bonds. The number of aromatic nitrogens is 4. The molecule has 7 nitrogen and oxygen atoms in total. The highest BCUT2D eigenvalue weighted by Gasteiger charge is 2.30. The third-order valence-electron chi connectivity index (χ3n) is 5.89. The minimum absolute atomic E-state index is 0.149. The lowest BCUT2D eigenvalue weighted by Gasteiger charge is -2.34. The van der Waals surface area contributed by atoms with E-state index in [9.17, 15) is 4.79 Å². The van der Waals surface area contributed by atoms with Gasteiger partial charge in [0, 0.05) is 43.7 Å². The number of likely N-dealkylation sites (tertiary alicyclic amines) is 1. The maximum atomic E-state index is 12.7. The number of rotatable bonds is 3. The Hall–Kier alpha value is -2.96. The summed E-state index contributed by atoms with van der Waals surface area (Å²) in [6.45, 7) is 3.56. The third kappa shape index (κ3) is 3.10. The minimum Gasteiger partial charge on any atom is -0.356 e. The van der Waals surface area contributed by atoms with Crippen LogP contribution < -0.4 is 4.90 Å². The number of nitrogens with zero attached hydrogens (tertiary/aromatic N) is 6. The van der Waals surface area contributed by atoms with Crippen LogP contribution in [0.3, 0.4) is 0 Å². The summed E-state index contributed by atoms with van der Waals surface area (Å²) >= 11 is 0. The van der Waals surface area contributed by atoms with Gasteiger partial charge < -0.3 is 9.80 Å². The molecular weight excluding hydrogens is 352 g/mol. The molecule has 2 aliphatic heterocycles. The van der Waals surface area contributed by atoms with Gasteiger partial charge in [0.1, 0.15) is 12.1 Å². The molecule has 0 aliphatic carbocycles. The van der Waals surface area contributed by atoms with Crippen molar-refractivity contribution < 1.29 is 4.79 Å². The first-order valence-electron chi connectivity index (χ1n) is 10.1. The van der Waals surface area contributed by atoms with E-state index in [1.807, 2.05) is 18.2 Å². The SMILES string of the molecule is O=C(C1CCN(c2cc(-c3ccccc3)nc3ncnn23)CC1)N1CCCC1. The molecular formula is C21H24N6O. The topological polar surface area (TPSA) is 66.6 Å². The molecule has 0 unspecified atom stereocenters. The molecule has 0 spiro atoms. The Bertz CT molecular complexity index is 971. The Kier molecular flexibility index (Phi) is 4.43. The molecule has 3 aromatic rings. The lowest BCUT2D eigenvalue weighted by molar-refractivity contribution is -0.135. The van der Waals surface area contributed by atoms with Crippen LogP contribution in [0.15, 0.2) is 42.7 Å². The van der Waals surface area contributed by atoms with Gasteiger partial charge in [0.25, 0.3) is 5.78 Å². The van der Waals surface area contributed by atoms with Crippen LogP contribution in [0, 0.1) is 5.92 Å². The van der Waals surface area contributed by atoms with E-state index >= 15 is 0 Å². The van der Waals surface area contributed by atoms with Crippen LogP contribution in [-0.4, -0.2) is 56.6 Å². The quantitative estimate of drug-likeness (QED) is 0.703. The fourth-order valence-electron chi connectivity index (χ4n) is 4.33. The highest BCUT2D eigenvalue weighted by Crippen LogP contribution is 2.28. The van der Waals surface area contributed by atoms with Crippen LogP contribution >= 0.6 is 0 Å². The molecule has 7 heteroatoms. The zero-order chi connectivity index (χ0) is 18.9. The molecule has 28 heavy (non-hydrogen) atoms. The van der Waals surface area contributed by atoms with Crippen molar-refractivity contribution in [1.82, 2.24) is 24.5 Å². The zero-order valence-electron chi connectivity index (χ0n) is 15.9. The van der Waals surface area contributed by atoms with Gasteiger partial charge in [-0.05, 0) is 25.7 Å². The van der Waals surface area contributed by atoms with Crippen LogP contribution in [0.4, 0.5) is 5.82 Å². The average molecular weight is 376 g/mol. The maximum absolute atomic E-state index is 12.7. The van der Waals surface area contributed by atoms with Crippen molar-refractivity contribution >= 4 is 17.5 Å². The van der Waals surface area contributed by atoms with Crippen LogP contribution in [-0.2, 0) is 4.79 Å². The Labute approximate surface area is 164 Å². The van der Waals surface area contributed by atoms with Crippen LogP contribution in [0.2, 0.25) is 0 Å². The standard InChI is InChI=1S/C21H24N6O/c28-20(26-10-4-5-11-26)17-8-12-25(13-9-17)19-14-18(16-6-2-1-3-7-16)24-21-22-15-23-27(19)21/h1-3,6-7,14-15,17H,4-5,8-13H2. The molecule has 2 aliphatic rings. The number of hydrogen-bond acceptors (Lipinski definition) is 5. The van der Waals surface area contributed by atoms with Crippen molar-refractivity contribution in [3.63, 3.8) is 0 Å². The van der Waals surface area contributed by atoms with Crippen molar-refractivity contribution in [2.24, 2.45) is 5.92 Å². The highest BCUT2D eigenvalue weighted by molar-refractivity contribution is 5.79. The second-order valence-corrected chi connectivity index (χ2v) is 7.63. The highest BCUT2D eigenvalue weighted by atomic mass is 16.2. The van der Waals surface area contributed by atoms with Crippen molar-refractivity contribution in [3.8, 4) is 11.3 Å². The Morgan fingerprint density at radius 2 is 1.75 bits per heavy atom. The Morgan fingerprint density at radius 3 is 2.50 bits per heavy atom. The molecule has 0 saturated carbocycles. The summed E-state index contributed by atoms with van der Waals surface area (Å²) in [6.07, 6.45) is 5.61. The fourth-order valence-corrected chi connectivity index (χ4v) is 4.33. The average Bonchev–Trinajstić information content (AvgIpc) is 3.45. The first-order chi connectivity index (χ1) is 13.8. The van der Waals surface area contributed by atoms with E-state index in [2.05, 4.69) is 43.1 Å². The van der Waals surface area contributed by atoms with E-state index < -0.39 is 0 Å². The summed E-state index contributed by atoms with van der Waals surface area (Å²) in [4.78, 5) is 26.1. The summed E-state index contributed by atoms with van der Waals surface area (Å²) in [5.41, 5.74) is 1.96. The predicted octanol–water partition coefficient (Wildman–Crippen LogP) is 2.63. The predicted molar refractivity (Wildman–Crippen MR) is 107 cm³/mol. The van der Waals surface area contributed by atoms with Crippen molar-refractivity contribution in [2.75, 3.05) is 31.1 Å². The second kappa shape index (κ2) is 7.22. The number of piperidine rings is 1. The lowest BCUT2D eigenvalue weighted by Crippen LogP contribution is -2.42. The molecule has 2 aromatic heterocycles. The molecule has 5 rings (SSSR count). The normalized spacial score (nSPS) is 18.1. The van der Waals surface area contributed by atoms with Gasteiger partial charge in [-0.2, -0.15) is 14.6 Å². The number of fused-ring (bicyclic) bond motifs is 1. The van der Waals surface area contributed by atoms with E-state index in [1.165, 1.54) is 0 Å². The van der Waals surface area contributed by atoms with E-state index in [0.29, 0.717) is 11.7 Å². The van der Waals surface area contributed by atoms with Crippen molar-refractivity contribution in [2.45, 2.75) is 25.7 Å². The molecule has 0 bridgehead atoms. The molecule has 0 radical (unpaired) electrons. The summed E-state index contributed by atoms with van der Waals surface area (Å²) < 4.78 is 1.80. The first kappa shape index (κ1) is 17.2. The lowest BCUT2D eigenvalue weighted by atomic mass is 9.95. The molecule has 0 N–H and O–H groups in total. The van der Waals surface area contributed by atoms with Gasteiger partial charge in [-0.25, -0.2) is 4.98 Å². The molecule has 0 atom stereocenters. The van der Waals surface area contributed by atoms with E-state index in [4.69, 9.17) is 0 Å². The summed E-state index contributed by atoms with van der Waals surface area (Å²) in [5.74, 6) is 2.10. The van der Waals surface area contributed by atoms with E-state index in [1.54, 1.807) is 10.8 Å². The second-order valence-electron chi connectivity index (χ2n) is 7.63. The number of carbonyl (C=O) groups is 1. The van der Waals surface area contributed by atoms with Crippen LogP contribution in [0.25, 0.3) is 17.0 Å². The van der Waals surface area contributed by atoms with Gasteiger partial charge in [0.15, 0.2) is 0 Å². The monoisotopic (exact) mass is 376 g/mol. The fraction of sp³-hybridized carbons (Fsp3) is 0.429. The zero-order valence-corrected chi connectivity index (χ0v) is 15.9. The summed E-state index contributed by atoms with van der Waals surface area (Å²) in [5, 5.41) is 4.37. The molecule has 2 fully saturated rings. The Morgan fingerprint density at radius 1 is 1.00 bits per heavy atom. The number of carbonyl (C=O) groups excluding carboxylic acids is 1. The smallest absolute Gasteiger partial charge is 0.254 e. The maximum Gasteiger partial charge on any atom is 0.254 e. The van der Waals surface area contributed by atoms with Gasteiger partial charge >= 0.3 is 0 Å². The largest absolute Gasteiger partial charge is 0.356 e. The van der Waals surface area contributed by atoms with Gasteiger partial charge in [-0.15, -0.1) is 0 Å². The molecule has 144 valence electrons. The van der Waals surface area contributed by atoms with Gasteiger partial charge in [0.2, 0.25) is 5.91 Å². The third-order valence-corrected chi connectivity index (χ3v) is 5.89.